The first kappa shape index (κ1) is 21.8. The molecule has 0 bridgehead atoms. The van der Waals surface area contributed by atoms with Crippen molar-refractivity contribution in [2.24, 2.45) is 0 Å². The molecule has 32 heavy (non-hydrogen) atoms. The largest absolute Gasteiger partial charge is 0.497 e. The monoisotopic (exact) mass is 497 g/mol. The Labute approximate surface area is 197 Å². The molecule has 170 valence electrons. The average molecular weight is 498 g/mol. The van der Waals surface area contributed by atoms with Crippen LogP contribution in [0.5, 0.6) is 5.75 Å². The average Bonchev–Trinajstić information content (AvgIpc) is 3.16. The van der Waals surface area contributed by atoms with Crippen LogP contribution in [0.15, 0.2) is 24.3 Å². The molecular formula is C26H32BrN3O2. The van der Waals surface area contributed by atoms with Gasteiger partial charge in [0.05, 0.1) is 19.2 Å². The van der Waals surface area contributed by atoms with E-state index in [1.54, 1.807) is 7.11 Å². The number of fused-ring (bicyclic) bond motifs is 3. The summed E-state index contributed by atoms with van der Waals surface area (Å²) < 4.78 is 5.29. The first-order valence-electron chi connectivity index (χ1n) is 11.8. The van der Waals surface area contributed by atoms with Crippen LogP contribution in [0.1, 0.15) is 68.3 Å². The van der Waals surface area contributed by atoms with E-state index in [9.17, 15) is 4.79 Å². The first-order chi connectivity index (χ1) is 15.4. The van der Waals surface area contributed by atoms with Gasteiger partial charge in [0.2, 0.25) is 5.91 Å². The Hall–Kier alpha value is -2.05. The van der Waals surface area contributed by atoms with Crippen molar-refractivity contribution in [2.45, 2.75) is 74.3 Å². The third-order valence-corrected chi connectivity index (χ3v) is 7.69. The molecule has 2 aromatic rings. The van der Waals surface area contributed by atoms with Crippen molar-refractivity contribution in [3.05, 3.63) is 51.7 Å². The highest BCUT2D eigenvalue weighted by Crippen LogP contribution is 2.31. The zero-order valence-electron chi connectivity index (χ0n) is 18.8. The maximum Gasteiger partial charge on any atom is 0.237 e. The molecule has 5 rings (SSSR count). The summed E-state index contributed by atoms with van der Waals surface area (Å²) in [7, 11) is 1.68. The molecule has 1 aromatic heterocycles. The van der Waals surface area contributed by atoms with Gasteiger partial charge in [-0.15, -0.1) is 0 Å². The summed E-state index contributed by atoms with van der Waals surface area (Å²) in [4.78, 5) is 17.0. The number of carbonyl (C=O) groups excluding carboxylic acids is 1. The van der Waals surface area contributed by atoms with Crippen LogP contribution in [0.3, 0.4) is 0 Å². The standard InChI is InChI=1S/C26H32BrN3O2/c1-26(27)13-12-21-20(15-26)19-14-22(25(31)28-17-6-4-3-5-7-17)30-23(24(19)29-21)16-8-10-18(32-2)11-9-16/h8-12,15,17,22-23,29-30H,3-7,13-14H2,1-2H3,(H,28,31). The Kier molecular flexibility index (Phi) is 5.93. The van der Waals surface area contributed by atoms with Gasteiger partial charge < -0.3 is 15.0 Å². The van der Waals surface area contributed by atoms with Crippen LogP contribution < -0.4 is 25.9 Å². The fraction of sp³-hybridized carbons (Fsp3) is 0.500. The molecule has 3 aliphatic rings. The number of nitrogens with one attached hydrogen (secondary N) is 3. The Morgan fingerprint density at radius 1 is 1.19 bits per heavy atom. The predicted octanol–water partition coefficient (Wildman–Crippen LogP) is 3.19. The Bertz CT molecular complexity index is 1110. The highest BCUT2D eigenvalue weighted by Gasteiger charge is 2.35. The van der Waals surface area contributed by atoms with E-state index in [-0.39, 0.29) is 22.3 Å². The Morgan fingerprint density at radius 2 is 1.94 bits per heavy atom. The van der Waals surface area contributed by atoms with E-state index >= 15 is 0 Å². The maximum absolute atomic E-state index is 13.3. The molecule has 1 aliphatic heterocycles. The zero-order chi connectivity index (χ0) is 22.3. The lowest BCUT2D eigenvalue weighted by molar-refractivity contribution is -0.124. The normalized spacial score (nSPS) is 27.5. The SMILES string of the molecule is COc1ccc(C2NC(C(=O)NC3CCCCC3)Cc3c2[nH]c2c3=CC(C)(Br)CC=2)cc1. The molecule has 3 N–H and O–H groups in total. The molecule has 2 heterocycles. The van der Waals surface area contributed by atoms with E-state index in [1.807, 2.05) is 12.1 Å². The molecule has 1 aromatic carbocycles. The lowest BCUT2D eigenvalue weighted by Crippen LogP contribution is -2.53. The lowest BCUT2D eigenvalue weighted by Gasteiger charge is -2.33. The molecule has 2 aliphatic carbocycles. The minimum Gasteiger partial charge on any atom is -0.497 e. The third-order valence-electron chi connectivity index (χ3n) is 7.14. The van der Waals surface area contributed by atoms with Crippen molar-refractivity contribution in [3.8, 4) is 5.75 Å². The van der Waals surface area contributed by atoms with Gasteiger partial charge in [-0.2, -0.15) is 0 Å². The number of benzene rings is 1. The van der Waals surface area contributed by atoms with Crippen molar-refractivity contribution < 1.29 is 9.53 Å². The van der Waals surface area contributed by atoms with Gasteiger partial charge in [0.15, 0.2) is 0 Å². The molecule has 1 amide bonds. The first-order valence-corrected chi connectivity index (χ1v) is 12.6. The second-order valence-corrected chi connectivity index (χ2v) is 11.5. The highest BCUT2D eigenvalue weighted by atomic mass is 79.9. The van der Waals surface area contributed by atoms with Crippen LogP contribution in [0.4, 0.5) is 0 Å². The Balaban J connectivity index is 1.52. The topological polar surface area (TPSA) is 66.2 Å². The molecular weight excluding hydrogens is 466 g/mol. The quantitative estimate of drug-likeness (QED) is 0.568. The van der Waals surface area contributed by atoms with Crippen LogP contribution >= 0.6 is 15.9 Å². The minimum atomic E-state index is -0.256. The van der Waals surface area contributed by atoms with Gasteiger partial charge in [0.1, 0.15) is 5.75 Å². The van der Waals surface area contributed by atoms with E-state index in [2.05, 4.69) is 62.8 Å². The van der Waals surface area contributed by atoms with Gasteiger partial charge in [-0.05, 0) is 55.9 Å². The van der Waals surface area contributed by atoms with Crippen molar-refractivity contribution in [3.63, 3.8) is 0 Å². The number of carbonyl (C=O) groups is 1. The number of H-pyrrole nitrogens is 1. The van der Waals surface area contributed by atoms with Crippen LogP contribution in [-0.2, 0) is 11.2 Å². The number of halogens is 1. The summed E-state index contributed by atoms with van der Waals surface area (Å²) in [6.07, 6.45) is 12.1. The molecule has 0 saturated heterocycles. The number of ether oxygens (including phenoxy) is 1. The molecule has 3 atom stereocenters. The van der Waals surface area contributed by atoms with Crippen LogP contribution in [-0.4, -0.2) is 34.4 Å². The maximum atomic E-state index is 13.3. The number of rotatable bonds is 4. The summed E-state index contributed by atoms with van der Waals surface area (Å²) >= 11 is 3.85. The smallest absolute Gasteiger partial charge is 0.237 e. The van der Waals surface area contributed by atoms with Crippen molar-refractivity contribution in [1.29, 1.82) is 0 Å². The van der Waals surface area contributed by atoms with Crippen molar-refractivity contribution in [2.75, 3.05) is 7.11 Å². The number of hydrogen-bond acceptors (Lipinski definition) is 3. The summed E-state index contributed by atoms with van der Waals surface area (Å²) in [5.74, 6) is 0.955. The van der Waals surface area contributed by atoms with E-state index in [4.69, 9.17) is 4.74 Å². The molecule has 0 radical (unpaired) electrons. The number of aromatic nitrogens is 1. The molecule has 6 heteroatoms. The molecule has 1 fully saturated rings. The van der Waals surface area contributed by atoms with E-state index in [0.29, 0.717) is 12.5 Å². The van der Waals surface area contributed by atoms with Crippen molar-refractivity contribution in [1.82, 2.24) is 15.6 Å². The summed E-state index contributed by atoms with van der Waals surface area (Å²) in [6.45, 7) is 2.20. The van der Waals surface area contributed by atoms with Crippen LogP contribution in [0.25, 0.3) is 12.2 Å². The summed E-state index contributed by atoms with van der Waals surface area (Å²) in [5.41, 5.74) is 3.55. The van der Waals surface area contributed by atoms with Gasteiger partial charge >= 0.3 is 0 Å². The predicted molar refractivity (Wildman–Crippen MR) is 131 cm³/mol. The lowest BCUT2D eigenvalue weighted by atomic mass is 9.88. The number of methoxy groups -OCH3 is 1. The fourth-order valence-corrected chi connectivity index (χ4v) is 5.76. The minimum absolute atomic E-state index is 0.0592. The van der Waals surface area contributed by atoms with Gasteiger partial charge in [-0.1, -0.05) is 59.5 Å². The van der Waals surface area contributed by atoms with Gasteiger partial charge in [-0.25, -0.2) is 0 Å². The third kappa shape index (κ3) is 4.27. The summed E-state index contributed by atoms with van der Waals surface area (Å²) in [6, 6.07) is 8.13. The molecule has 1 saturated carbocycles. The molecule has 0 spiro atoms. The van der Waals surface area contributed by atoms with Gasteiger partial charge in [0.25, 0.3) is 0 Å². The van der Waals surface area contributed by atoms with E-state index in [0.717, 1.165) is 30.6 Å². The number of amides is 1. The van der Waals surface area contributed by atoms with Crippen molar-refractivity contribution >= 4 is 34.0 Å². The second kappa shape index (κ2) is 8.71. The molecule has 5 nitrogen and oxygen atoms in total. The number of aromatic amines is 1. The fourth-order valence-electron chi connectivity index (χ4n) is 5.37. The number of hydrogen-bond donors (Lipinski definition) is 3. The summed E-state index contributed by atoms with van der Waals surface area (Å²) in [5, 5.41) is 9.40. The second-order valence-electron chi connectivity index (χ2n) is 9.65. The van der Waals surface area contributed by atoms with Gasteiger partial charge in [-0.3, -0.25) is 10.1 Å². The van der Waals surface area contributed by atoms with Gasteiger partial charge in [0, 0.05) is 26.6 Å². The van der Waals surface area contributed by atoms with E-state index in [1.165, 1.54) is 41.1 Å². The van der Waals surface area contributed by atoms with Crippen LogP contribution in [0, 0.1) is 0 Å². The molecule has 3 unspecified atom stereocenters. The highest BCUT2D eigenvalue weighted by molar-refractivity contribution is 9.10. The Morgan fingerprint density at radius 3 is 2.66 bits per heavy atom. The zero-order valence-corrected chi connectivity index (χ0v) is 20.4. The number of alkyl halides is 1. The van der Waals surface area contributed by atoms with E-state index < -0.39 is 0 Å². The van der Waals surface area contributed by atoms with Crippen LogP contribution in [0.2, 0.25) is 0 Å².